The van der Waals surface area contributed by atoms with E-state index in [4.69, 9.17) is 5.11 Å². The summed E-state index contributed by atoms with van der Waals surface area (Å²) >= 11 is 0. The minimum Gasteiger partial charge on any atom is -0.481 e. The highest BCUT2D eigenvalue weighted by Crippen LogP contribution is 2.26. The highest BCUT2D eigenvalue weighted by atomic mass is 19.1. The molecule has 0 saturated heterocycles. The quantitative estimate of drug-likeness (QED) is 0.720. The molecule has 2 amide bonds. The zero-order chi connectivity index (χ0) is 17.7. The maximum absolute atomic E-state index is 13.9. The molecule has 1 fully saturated rings. The van der Waals surface area contributed by atoms with Gasteiger partial charge >= 0.3 is 5.97 Å². The molecule has 0 aliphatic heterocycles. The van der Waals surface area contributed by atoms with Gasteiger partial charge in [-0.1, -0.05) is 19.3 Å². The molecule has 0 spiro atoms. The molecule has 1 aliphatic rings. The summed E-state index contributed by atoms with van der Waals surface area (Å²) in [6, 6.07) is 3.73. The first-order valence-corrected chi connectivity index (χ1v) is 8.02. The van der Waals surface area contributed by atoms with Crippen LogP contribution >= 0.6 is 0 Å². The number of carbonyl (C=O) groups is 3. The van der Waals surface area contributed by atoms with Gasteiger partial charge < -0.3 is 15.7 Å². The van der Waals surface area contributed by atoms with E-state index in [1.807, 2.05) is 0 Å². The third kappa shape index (κ3) is 4.53. The van der Waals surface area contributed by atoms with Crippen LogP contribution in [0.15, 0.2) is 18.2 Å². The van der Waals surface area contributed by atoms with Crippen LogP contribution in [0, 0.1) is 17.7 Å². The van der Waals surface area contributed by atoms with Crippen molar-refractivity contribution in [3.63, 3.8) is 0 Å². The fourth-order valence-corrected chi connectivity index (χ4v) is 2.66. The summed E-state index contributed by atoms with van der Waals surface area (Å²) in [5.74, 6) is -4.14. The number of amides is 2. The summed E-state index contributed by atoms with van der Waals surface area (Å²) < 4.78 is 13.9. The van der Waals surface area contributed by atoms with Gasteiger partial charge in [0.2, 0.25) is 11.8 Å². The van der Waals surface area contributed by atoms with E-state index >= 15 is 0 Å². The number of carboxylic acids is 1. The van der Waals surface area contributed by atoms with Crippen molar-refractivity contribution in [3.05, 3.63) is 24.0 Å². The minimum atomic E-state index is -1.25. The van der Waals surface area contributed by atoms with E-state index in [-0.39, 0.29) is 23.2 Å². The second-order valence-electron chi connectivity index (χ2n) is 6.07. The Morgan fingerprint density at radius 3 is 2.46 bits per heavy atom. The van der Waals surface area contributed by atoms with Gasteiger partial charge in [-0.15, -0.1) is 0 Å². The first kappa shape index (κ1) is 17.9. The molecule has 1 aromatic rings. The fraction of sp³-hybridized carbons (Fsp3) is 0.471. The van der Waals surface area contributed by atoms with E-state index in [1.54, 1.807) is 0 Å². The van der Waals surface area contributed by atoms with Crippen molar-refractivity contribution in [2.75, 3.05) is 10.6 Å². The molecule has 3 N–H and O–H groups in total. The van der Waals surface area contributed by atoms with Crippen LogP contribution in [-0.4, -0.2) is 22.9 Å². The Morgan fingerprint density at radius 2 is 1.83 bits per heavy atom. The van der Waals surface area contributed by atoms with Gasteiger partial charge in [0.05, 0.1) is 5.69 Å². The van der Waals surface area contributed by atoms with Gasteiger partial charge in [-0.2, -0.15) is 0 Å². The zero-order valence-electron chi connectivity index (χ0n) is 13.5. The molecule has 0 bridgehead atoms. The molecule has 130 valence electrons. The molecule has 0 radical (unpaired) electrons. The van der Waals surface area contributed by atoms with Gasteiger partial charge in [0.1, 0.15) is 11.7 Å². The number of anilines is 2. The Hall–Kier alpha value is -2.44. The molecule has 6 nitrogen and oxygen atoms in total. The van der Waals surface area contributed by atoms with E-state index in [1.165, 1.54) is 19.1 Å². The second kappa shape index (κ2) is 7.90. The van der Waals surface area contributed by atoms with E-state index in [9.17, 15) is 18.8 Å². The molecule has 7 heteroatoms. The van der Waals surface area contributed by atoms with E-state index in [2.05, 4.69) is 10.6 Å². The summed E-state index contributed by atoms with van der Waals surface area (Å²) in [7, 11) is 0. The molecule has 1 aliphatic carbocycles. The number of carboxylic acid groups (broad SMARTS) is 1. The average molecular weight is 336 g/mol. The van der Waals surface area contributed by atoms with Crippen molar-refractivity contribution in [3.8, 4) is 0 Å². The van der Waals surface area contributed by atoms with Gasteiger partial charge in [-0.3, -0.25) is 14.4 Å². The Kier molecular flexibility index (Phi) is 5.89. The van der Waals surface area contributed by atoms with Crippen molar-refractivity contribution in [1.29, 1.82) is 0 Å². The van der Waals surface area contributed by atoms with Crippen LogP contribution in [0.3, 0.4) is 0 Å². The molecule has 0 aromatic heterocycles. The molecule has 2 rings (SSSR count). The number of nitrogens with one attached hydrogen (secondary N) is 2. The van der Waals surface area contributed by atoms with Crippen LogP contribution in [0.1, 0.15) is 39.0 Å². The van der Waals surface area contributed by atoms with Gasteiger partial charge in [0.15, 0.2) is 0 Å². The Labute approximate surface area is 139 Å². The van der Waals surface area contributed by atoms with Crippen molar-refractivity contribution in [1.82, 2.24) is 0 Å². The van der Waals surface area contributed by atoms with Gasteiger partial charge in [-0.25, -0.2) is 4.39 Å². The molecule has 0 heterocycles. The topological polar surface area (TPSA) is 95.5 Å². The van der Waals surface area contributed by atoms with Crippen molar-refractivity contribution < 1.29 is 23.9 Å². The summed E-state index contributed by atoms with van der Waals surface area (Å²) in [5.41, 5.74) is 0.208. The Bertz CT molecular complexity index is 641. The molecule has 1 saturated carbocycles. The lowest BCUT2D eigenvalue weighted by molar-refractivity contribution is -0.144. The van der Waals surface area contributed by atoms with Crippen LogP contribution in [0.4, 0.5) is 15.8 Å². The first-order chi connectivity index (χ1) is 11.4. The number of rotatable bonds is 5. The molecule has 24 heavy (non-hydrogen) atoms. The largest absolute Gasteiger partial charge is 0.481 e. The lowest BCUT2D eigenvalue weighted by Gasteiger charge is -2.21. The van der Waals surface area contributed by atoms with Crippen LogP contribution in [0.5, 0.6) is 0 Å². The number of aliphatic carboxylic acids is 1. The van der Waals surface area contributed by atoms with E-state index in [0.29, 0.717) is 0 Å². The van der Waals surface area contributed by atoms with E-state index in [0.717, 1.165) is 38.2 Å². The predicted molar refractivity (Wildman–Crippen MR) is 87.0 cm³/mol. The summed E-state index contributed by atoms with van der Waals surface area (Å²) in [6.07, 6.45) is 4.68. The number of hydrogen-bond acceptors (Lipinski definition) is 3. The number of halogens is 1. The van der Waals surface area contributed by atoms with Crippen molar-refractivity contribution in [2.45, 2.75) is 39.0 Å². The van der Waals surface area contributed by atoms with Crippen LogP contribution < -0.4 is 10.6 Å². The smallest absolute Gasteiger partial charge is 0.315 e. The second-order valence-corrected chi connectivity index (χ2v) is 6.07. The number of benzene rings is 1. The van der Waals surface area contributed by atoms with Gasteiger partial charge in [0, 0.05) is 11.6 Å². The average Bonchev–Trinajstić information content (AvgIpc) is 2.57. The zero-order valence-corrected chi connectivity index (χ0v) is 13.5. The first-order valence-electron chi connectivity index (χ1n) is 8.02. The molecular weight excluding hydrogens is 315 g/mol. The molecule has 1 aromatic carbocycles. The lowest BCUT2D eigenvalue weighted by Crippen LogP contribution is -2.27. The summed E-state index contributed by atoms with van der Waals surface area (Å²) in [4.78, 5) is 34.7. The van der Waals surface area contributed by atoms with Crippen LogP contribution in [0.2, 0.25) is 0 Å². The van der Waals surface area contributed by atoms with Crippen LogP contribution in [-0.2, 0) is 14.4 Å². The highest BCUT2D eigenvalue weighted by Gasteiger charge is 2.23. The predicted octanol–water partition coefficient (Wildman–Crippen LogP) is 3.00. The van der Waals surface area contributed by atoms with Crippen LogP contribution in [0.25, 0.3) is 0 Å². The maximum Gasteiger partial charge on any atom is 0.315 e. The van der Waals surface area contributed by atoms with Gasteiger partial charge in [-0.05, 0) is 38.0 Å². The normalized spacial score (nSPS) is 16.2. The molecular formula is C17H21FN2O4. The number of carbonyl (C=O) groups excluding carboxylic acids is 2. The highest BCUT2D eigenvalue weighted by molar-refractivity contribution is 6.04. The summed E-state index contributed by atoms with van der Waals surface area (Å²) in [5, 5.41) is 13.8. The Morgan fingerprint density at radius 1 is 1.17 bits per heavy atom. The third-order valence-electron chi connectivity index (χ3n) is 4.23. The third-order valence-corrected chi connectivity index (χ3v) is 4.23. The maximum atomic E-state index is 13.9. The van der Waals surface area contributed by atoms with Gasteiger partial charge in [0.25, 0.3) is 0 Å². The molecule has 1 unspecified atom stereocenters. The Balaban J connectivity index is 2.06. The number of hydrogen-bond donors (Lipinski definition) is 3. The van der Waals surface area contributed by atoms with E-state index < -0.39 is 23.6 Å². The van der Waals surface area contributed by atoms with Crippen molar-refractivity contribution >= 4 is 29.2 Å². The molecule has 1 atom stereocenters. The SMILES string of the molecule is CC(C(=O)O)C(=O)Nc1ccc(F)c(NC(=O)C2CCCCC2)c1. The standard InChI is InChI=1S/C17H21FN2O4/c1-10(17(23)24)15(21)19-12-7-8-13(18)14(9-12)20-16(22)11-5-3-2-4-6-11/h7-11H,2-6H2,1H3,(H,19,21)(H,20,22)(H,23,24). The summed E-state index contributed by atoms with van der Waals surface area (Å²) in [6.45, 7) is 1.26. The lowest BCUT2D eigenvalue weighted by atomic mass is 9.88. The monoisotopic (exact) mass is 336 g/mol. The van der Waals surface area contributed by atoms with Crippen molar-refractivity contribution in [2.24, 2.45) is 11.8 Å². The fourth-order valence-electron chi connectivity index (χ4n) is 2.66. The minimum absolute atomic E-state index is 0.0219.